The molecule has 2 atom stereocenters. The highest BCUT2D eigenvalue weighted by Gasteiger charge is 2.67. The van der Waals surface area contributed by atoms with Crippen LogP contribution in [0.3, 0.4) is 0 Å². The molecule has 0 saturated heterocycles. The van der Waals surface area contributed by atoms with E-state index in [1.807, 2.05) is 0 Å². The Morgan fingerprint density at radius 1 is 0.310 bits per heavy atom. The van der Waals surface area contributed by atoms with Gasteiger partial charge in [0.15, 0.2) is 18.6 Å². The zero-order valence-electron chi connectivity index (χ0n) is 59.9. The minimum Gasteiger partial charge on any atom is -0.190 e. The molecule has 2 aliphatic heterocycles. The number of fused-ring (bicyclic) bond motifs is 11. The third-order valence-electron chi connectivity index (χ3n) is 21.2. The van der Waals surface area contributed by atoms with Crippen LogP contribution < -0.4 is 13.7 Å². The largest absolute Gasteiger partial charge is 0.318 e. The molecule has 0 radical (unpaired) electrons. The van der Waals surface area contributed by atoms with Gasteiger partial charge in [0.2, 0.25) is 23.6 Å². The van der Waals surface area contributed by atoms with E-state index in [4.69, 9.17) is 0 Å². The number of benzene rings is 10. The number of pyridine rings is 3. The van der Waals surface area contributed by atoms with Crippen LogP contribution in [0.15, 0.2) is 288 Å². The zero-order chi connectivity index (χ0) is 69.8. The number of hydrogen-bond donors (Lipinski definition) is 0. The molecular weight excluding hydrogens is 1340 g/mol. The molecule has 0 bridgehead atoms. The number of aromatic nitrogens is 3. The van der Waals surface area contributed by atoms with Gasteiger partial charge in [0, 0.05) is 56.5 Å². The summed E-state index contributed by atoms with van der Waals surface area (Å²) in [5.41, 5.74) is 32.1. The van der Waals surface area contributed by atoms with Gasteiger partial charge in [-0.2, -0.15) is 13.7 Å². The smallest absolute Gasteiger partial charge is 0.190 e. The maximum absolute atomic E-state index is 3.81. The van der Waals surface area contributed by atoms with Crippen LogP contribution in [-0.4, -0.2) is 0 Å². The van der Waals surface area contributed by atoms with Gasteiger partial charge >= 0.3 is 5.54 Å². The summed E-state index contributed by atoms with van der Waals surface area (Å²) in [6, 6.07) is 99.9. The lowest BCUT2D eigenvalue weighted by atomic mass is 9.68. The summed E-state index contributed by atoms with van der Waals surface area (Å²) in [6.07, 6.45) is 7.04. The van der Waals surface area contributed by atoms with Crippen molar-refractivity contribution in [2.24, 2.45) is 0 Å². The van der Waals surface area contributed by atoms with Gasteiger partial charge in [-0.3, -0.25) is 0 Å². The van der Waals surface area contributed by atoms with Crippen molar-refractivity contribution in [1.82, 2.24) is 0 Å². The van der Waals surface area contributed by atoms with Gasteiger partial charge in [0.05, 0.1) is 16.7 Å². The minimum absolute atomic E-state index is 0.0381. The average Bonchev–Trinajstić information content (AvgIpc) is 0.679. The molecule has 3 nitrogen and oxygen atoms in total. The molecule has 3 aromatic heterocycles. The Bertz CT molecular complexity index is 5150. The van der Waals surface area contributed by atoms with Crippen LogP contribution in [0.4, 0.5) is 0 Å². The number of rotatable bonds is 10. The summed E-state index contributed by atoms with van der Waals surface area (Å²) in [7, 11) is 0. The first-order chi connectivity index (χ1) is 47.7. The lowest BCUT2D eigenvalue weighted by Gasteiger charge is -2.39. The highest BCUT2D eigenvalue weighted by Crippen LogP contribution is 2.52. The molecule has 0 N–H and O–H groups in total. The predicted molar refractivity (Wildman–Crippen MR) is 424 cm³/mol. The zero-order valence-corrected chi connectivity index (χ0v) is 63.1. The summed E-state index contributed by atoms with van der Waals surface area (Å²) >= 11 is 7.62. The molecular formula is C95H88Br2N3+3. The molecule has 0 fully saturated rings. The van der Waals surface area contributed by atoms with E-state index in [0.29, 0.717) is 6.54 Å². The summed E-state index contributed by atoms with van der Waals surface area (Å²) in [5.74, 6) is 0. The van der Waals surface area contributed by atoms with Gasteiger partial charge in [-0.15, -0.1) is 0 Å². The number of hydrogen-bond acceptors (Lipinski definition) is 0. The third-order valence-corrected chi connectivity index (χ3v) is 22.1. The minimum atomic E-state index is -0.735. The van der Waals surface area contributed by atoms with Gasteiger partial charge in [-0.25, -0.2) is 0 Å². The van der Waals surface area contributed by atoms with E-state index in [1.54, 1.807) is 0 Å². The molecule has 10 aromatic carbocycles. The van der Waals surface area contributed by atoms with Crippen LogP contribution in [-0.2, 0) is 33.7 Å². The van der Waals surface area contributed by atoms with E-state index in [9.17, 15) is 0 Å². The van der Waals surface area contributed by atoms with Crippen molar-refractivity contribution in [1.29, 1.82) is 0 Å². The molecule has 5 heterocycles. The molecule has 5 heteroatoms. The Balaban J connectivity index is 0.946. The van der Waals surface area contributed by atoms with Crippen LogP contribution in [0.25, 0.3) is 112 Å². The lowest BCUT2D eigenvalue weighted by Crippen LogP contribution is -2.75. The van der Waals surface area contributed by atoms with Crippen molar-refractivity contribution >= 4 is 31.9 Å². The van der Waals surface area contributed by atoms with Crippen LogP contribution in [0.2, 0.25) is 0 Å². The topological polar surface area (TPSA) is 11.6 Å². The van der Waals surface area contributed by atoms with Crippen molar-refractivity contribution in [3.63, 3.8) is 0 Å². The number of aryl methyl sites for hydroxylation is 1. The second kappa shape index (κ2) is 25.3. The fourth-order valence-corrected chi connectivity index (χ4v) is 16.8. The van der Waals surface area contributed by atoms with Crippen molar-refractivity contribution in [2.75, 3.05) is 0 Å². The third kappa shape index (κ3) is 12.5. The van der Waals surface area contributed by atoms with Gasteiger partial charge in [-0.1, -0.05) is 248 Å². The van der Waals surface area contributed by atoms with E-state index in [2.05, 4.69) is 415 Å². The molecule has 0 amide bonds. The molecule has 2 aliphatic rings. The summed E-state index contributed by atoms with van der Waals surface area (Å²) in [6.45, 7) is 30.4. The number of halogens is 2. The van der Waals surface area contributed by atoms with Crippen molar-refractivity contribution in [3.05, 3.63) is 327 Å². The second-order valence-electron chi connectivity index (χ2n) is 32.1. The van der Waals surface area contributed by atoms with E-state index in [1.165, 1.54) is 134 Å². The van der Waals surface area contributed by atoms with Gasteiger partial charge in [-0.05, 0) is 225 Å². The molecule has 100 heavy (non-hydrogen) atoms. The molecule has 2 unspecified atom stereocenters. The molecule has 13 aromatic rings. The SMILES string of the molecule is Cc1ccc(-c2cc(Br)cc(Br)c2)cc1-c1cccc[n+]1CC12c3ccc(-c4cc(-c5ccc(C(C)(C)C)cc5)cc(-c5ccc(C(C)(C)C)cc5)c4)cc3-c3cccc[n+]3C1c1ccc(-c3cc(-c4ccc(C(C)(C)C)cc4)cc(-c4ccc(C(C)(C)C)cc4)c3)cc1-c1cccc[n+]12. The van der Waals surface area contributed by atoms with Gasteiger partial charge in [0.1, 0.15) is 0 Å². The normalized spacial score (nSPS) is 14.9. The van der Waals surface area contributed by atoms with Crippen molar-refractivity contribution in [3.8, 4) is 112 Å². The Hall–Kier alpha value is -9.39. The van der Waals surface area contributed by atoms with Crippen molar-refractivity contribution in [2.45, 2.75) is 130 Å². The summed E-state index contributed by atoms with van der Waals surface area (Å²) in [4.78, 5) is 0. The van der Waals surface area contributed by atoms with E-state index < -0.39 is 5.54 Å². The van der Waals surface area contributed by atoms with Crippen LogP contribution >= 0.6 is 31.9 Å². The summed E-state index contributed by atoms with van der Waals surface area (Å²) < 4.78 is 9.89. The summed E-state index contributed by atoms with van der Waals surface area (Å²) in [5, 5.41) is 0. The molecule has 0 aliphatic carbocycles. The second-order valence-corrected chi connectivity index (χ2v) is 34.0. The molecule has 0 saturated carbocycles. The average molecular weight is 1430 g/mol. The molecule has 494 valence electrons. The monoisotopic (exact) mass is 1430 g/mol. The Morgan fingerprint density at radius 3 is 1.13 bits per heavy atom. The highest BCUT2D eigenvalue weighted by atomic mass is 79.9. The fraction of sp³-hybridized carbons (Fsp3) is 0.211. The fourth-order valence-electron chi connectivity index (χ4n) is 15.5. The van der Waals surface area contributed by atoms with Gasteiger partial charge < -0.3 is 0 Å². The van der Waals surface area contributed by atoms with Crippen LogP contribution in [0.5, 0.6) is 0 Å². The van der Waals surface area contributed by atoms with Crippen LogP contribution in [0.1, 0.15) is 128 Å². The predicted octanol–water partition coefficient (Wildman–Crippen LogP) is 24.6. The van der Waals surface area contributed by atoms with Gasteiger partial charge in [0.25, 0.3) is 6.04 Å². The molecule has 0 spiro atoms. The van der Waals surface area contributed by atoms with E-state index >= 15 is 0 Å². The lowest BCUT2D eigenvalue weighted by molar-refractivity contribution is -0.870. The Morgan fingerprint density at radius 2 is 0.670 bits per heavy atom. The highest BCUT2D eigenvalue weighted by molar-refractivity contribution is 9.11. The first kappa shape index (κ1) is 66.5. The first-order valence-corrected chi connectivity index (χ1v) is 37.0. The number of nitrogens with zero attached hydrogens (tertiary/aromatic N) is 3. The maximum atomic E-state index is 3.81. The quantitative estimate of drug-likeness (QED) is 0.121. The van der Waals surface area contributed by atoms with Crippen LogP contribution in [0, 0.1) is 6.92 Å². The van der Waals surface area contributed by atoms with E-state index in [-0.39, 0.29) is 27.7 Å². The Labute approximate surface area is 609 Å². The Kier molecular flexibility index (Phi) is 16.9. The maximum Gasteiger partial charge on any atom is 0.318 e. The van der Waals surface area contributed by atoms with Crippen molar-refractivity contribution < 1.29 is 13.7 Å². The first-order valence-electron chi connectivity index (χ1n) is 35.4. The van der Waals surface area contributed by atoms with E-state index in [0.717, 1.165) is 25.8 Å². The molecule has 15 rings (SSSR count). The standard InChI is InChI=1S/C95H88Br2N3/c1-61-23-24-66(75-54-80(96)59-81(97)55-75)56-83(61)87-20-14-17-45-98(87)60-95-86-44-34-68(74-52-71(64-29-39-78(40-30-64)93(8,9)10)49-72(53-74)65-31-41-79(42-32-65)94(11,12)13)58-85(86)88-21-15-18-46-99(88)90(95)82-43-33-67(57-84(82)89-22-16-19-47-100(89)95)73-50-69(62-25-35-76(36-26-62)91(2,3)4)48-70(51-73)63-27-37-77(38-28-63)92(5,6)7/h14-59,90H,60H2,1-13H3/q+3.